The number of fused-ring (bicyclic) bond motifs is 2. The van der Waals surface area contributed by atoms with Crippen LogP contribution in [0.4, 0.5) is 11.4 Å². The van der Waals surface area contributed by atoms with Crippen LogP contribution >= 0.6 is 35.8 Å². The molecule has 4 nitrogen and oxygen atoms in total. The number of likely N-dealkylation sites (tertiary alicyclic amines) is 1. The van der Waals surface area contributed by atoms with Crippen LogP contribution in [0.1, 0.15) is 25.7 Å². The Kier molecular flexibility index (Phi) is 8.35. The number of para-hydroxylation sites is 1. The van der Waals surface area contributed by atoms with Gasteiger partial charge in [0, 0.05) is 35.0 Å². The third-order valence-corrected chi connectivity index (χ3v) is 7.06. The van der Waals surface area contributed by atoms with Gasteiger partial charge >= 0.3 is 0 Å². The van der Waals surface area contributed by atoms with Gasteiger partial charge in [-0.05, 0) is 62.7 Å². The maximum Gasteiger partial charge on any atom is 0.236 e. The minimum Gasteiger partial charge on any atom is -0.345 e. The molecule has 2 heterocycles. The third-order valence-electron chi connectivity index (χ3n) is 5.70. The highest BCUT2D eigenvalue weighted by Crippen LogP contribution is 2.48. The van der Waals surface area contributed by atoms with E-state index in [2.05, 4.69) is 40.1 Å². The van der Waals surface area contributed by atoms with Crippen molar-refractivity contribution >= 4 is 53.1 Å². The fourth-order valence-electron chi connectivity index (χ4n) is 4.06. The summed E-state index contributed by atoms with van der Waals surface area (Å²) in [6.07, 6.45) is 4.63. The molecule has 2 aliphatic heterocycles. The number of hydrogen-bond acceptors (Lipinski definition) is 4. The largest absolute Gasteiger partial charge is 0.345 e. The van der Waals surface area contributed by atoms with Gasteiger partial charge < -0.3 is 9.80 Å². The summed E-state index contributed by atoms with van der Waals surface area (Å²) in [5.74, 6) is 0.227. The Balaban J connectivity index is 0.00000256. The number of hydrogen-bond donors (Lipinski definition) is 0. The van der Waals surface area contributed by atoms with Gasteiger partial charge in [-0.15, -0.1) is 12.4 Å². The molecule has 1 amide bonds. The molecule has 0 spiro atoms. The van der Waals surface area contributed by atoms with Crippen LogP contribution in [0.15, 0.2) is 52.3 Å². The lowest BCUT2D eigenvalue weighted by atomic mass is 10.1. The van der Waals surface area contributed by atoms with Crippen LogP contribution < -0.4 is 4.90 Å². The van der Waals surface area contributed by atoms with Gasteiger partial charge in [-0.2, -0.15) is 0 Å². The van der Waals surface area contributed by atoms with Crippen LogP contribution in [0.3, 0.4) is 0 Å². The molecule has 0 aromatic heterocycles. The van der Waals surface area contributed by atoms with Crippen LogP contribution in [0.5, 0.6) is 0 Å². The second-order valence-corrected chi connectivity index (χ2v) is 9.36. The highest BCUT2D eigenvalue weighted by Gasteiger charge is 2.23. The topological polar surface area (TPSA) is 26.8 Å². The van der Waals surface area contributed by atoms with Gasteiger partial charge in [0.25, 0.3) is 0 Å². The number of amides is 1. The van der Waals surface area contributed by atoms with E-state index in [-0.39, 0.29) is 18.3 Å². The van der Waals surface area contributed by atoms with Crippen molar-refractivity contribution in [3.05, 3.63) is 47.5 Å². The molecule has 2 aromatic carbocycles. The Hall–Kier alpha value is -1.40. The summed E-state index contributed by atoms with van der Waals surface area (Å²) >= 11 is 8.08. The van der Waals surface area contributed by atoms with Crippen LogP contribution in [-0.4, -0.2) is 55.5 Å². The van der Waals surface area contributed by atoms with Gasteiger partial charge in [0.2, 0.25) is 5.91 Å². The molecule has 0 unspecified atom stereocenters. The predicted molar refractivity (Wildman–Crippen MR) is 129 cm³/mol. The SMILES string of the molecule is CN(CCCN1c2ccccc2Sc2ccc(Cl)cc21)C(=O)CN1CCCCC1.Cl. The first-order chi connectivity index (χ1) is 14.1. The average molecular weight is 466 g/mol. The van der Waals surface area contributed by atoms with Gasteiger partial charge in [0.1, 0.15) is 0 Å². The summed E-state index contributed by atoms with van der Waals surface area (Å²) in [6.45, 7) is 4.28. The van der Waals surface area contributed by atoms with Crippen molar-refractivity contribution < 1.29 is 4.79 Å². The number of benzene rings is 2. The lowest BCUT2D eigenvalue weighted by Gasteiger charge is -2.33. The molecule has 4 rings (SSSR count). The van der Waals surface area contributed by atoms with Crippen molar-refractivity contribution in [2.24, 2.45) is 0 Å². The fraction of sp³-hybridized carbons (Fsp3) is 0.435. The molecule has 0 radical (unpaired) electrons. The van der Waals surface area contributed by atoms with Crippen molar-refractivity contribution in [2.45, 2.75) is 35.5 Å². The lowest BCUT2D eigenvalue weighted by Crippen LogP contribution is -2.41. The maximum absolute atomic E-state index is 12.6. The summed E-state index contributed by atoms with van der Waals surface area (Å²) in [5, 5.41) is 0.752. The minimum atomic E-state index is 0. The van der Waals surface area contributed by atoms with Gasteiger partial charge in [-0.1, -0.05) is 41.9 Å². The van der Waals surface area contributed by atoms with E-state index in [0.717, 1.165) is 43.3 Å². The fourth-order valence-corrected chi connectivity index (χ4v) is 5.31. The van der Waals surface area contributed by atoms with E-state index < -0.39 is 0 Å². The van der Waals surface area contributed by atoms with E-state index in [1.165, 1.54) is 34.7 Å². The first kappa shape index (κ1) is 23.3. The summed E-state index contributed by atoms with van der Waals surface area (Å²) < 4.78 is 0. The number of piperidine rings is 1. The van der Waals surface area contributed by atoms with E-state index >= 15 is 0 Å². The molecule has 30 heavy (non-hydrogen) atoms. The van der Waals surface area contributed by atoms with Crippen LogP contribution in [0.2, 0.25) is 5.02 Å². The molecule has 0 aliphatic carbocycles. The van der Waals surface area contributed by atoms with Gasteiger partial charge in [-0.25, -0.2) is 0 Å². The summed E-state index contributed by atoms with van der Waals surface area (Å²) in [6, 6.07) is 14.6. The second kappa shape index (κ2) is 10.8. The van der Waals surface area contributed by atoms with E-state index in [1.807, 2.05) is 24.1 Å². The van der Waals surface area contributed by atoms with Crippen molar-refractivity contribution in [2.75, 3.05) is 44.7 Å². The Morgan fingerprint density at radius 3 is 2.60 bits per heavy atom. The van der Waals surface area contributed by atoms with Crippen molar-refractivity contribution in [3.8, 4) is 0 Å². The minimum absolute atomic E-state index is 0. The first-order valence-corrected chi connectivity index (χ1v) is 11.6. The van der Waals surface area contributed by atoms with Crippen LogP contribution in [0.25, 0.3) is 0 Å². The Bertz CT molecular complexity index is 873. The lowest BCUT2D eigenvalue weighted by molar-refractivity contribution is -0.131. The molecule has 1 saturated heterocycles. The molecule has 162 valence electrons. The zero-order valence-corrected chi connectivity index (χ0v) is 19.7. The van der Waals surface area contributed by atoms with E-state index in [4.69, 9.17) is 11.6 Å². The highest BCUT2D eigenvalue weighted by molar-refractivity contribution is 7.99. The molecule has 1 fully saturated rings. The highest BCUT2D eigenvalue weighted by atomic mass is 35.5. The smallest absolute Gasteiger partial charge is 0.236 e. The number of anilines is 2. The molecule has 7 heteroatoms. The normalized spacial score (nSPS) is 15.7. The number of rotatable bonds is 6. The number of likely N-dealkylation sites (N-methyl/N-ethyl adjacent to an activating group) is 1. The standard InChI is InChI=1S/C23H28ClN3OS.ClH/c1-25(23(28)17-26-13-5-2-6-14-26)12-7-15-27-19-8-3-4-9-21(19)29-22-11-10-18(24)16-20(22)27;/h3-4,8-11,16H,2,5-7,12-15,17H2,1H3;1H. The number of nitrogens with zero attached hydrogens (tertiary/aromatic N) is 3. The average Bonchev–Trinajstić information content (AvgIpc) is 2.74. The van der Waals surface area contributed by atoms with E-state index in [1.54, 1.807) is 11.8 Å². The molecular weight excluding hydrogens is 437 g/mol. The van der Waals surface area contributed by atoms with E-state index in [0.29, 0.717) is 6.54 Å². The van der Waals surface area contributed by atoms with Gasteiger partial charge in [0.05, 0.1) is 17.9 Å². The van der Waals surface area contributed by atoms with Gasteiger partial charge in [0.15, 0.2) is 0 Å². The predicted octanol–water partition coefficient (Wildman–Crippen LogP) is 5.70. The summed E-state index contributed by atoms with van der Waals surface area (Å²) in [4.78, 5) is 21.6. The molecular formula is C23H29Cl2N3OS. The molecule has 2 aromatic rings. The summed E-state index contributed by atoms with van der Waals surface area (Å²) in [7, 11) is 1.93. The molecule has 2 aliphatic rings. The number of halogens is 2. The van der Waals surface area contributed by atoms with Crippen molar-refractivity contribution in [1.82, 2.24) is 9.80 Å². The number of carbonyl (C=O) groups is 1. The Morgan fingerprint density at radius 2 is 1.80 bits per heavy atom. The van der Waals surface area contributed by atoms with Crippen molar-refractivity contribution in [1.29, 1.82) is 0 Å². The third kappa shape index (κ3) is 5.44. The molecule has 0 atom stereocenters. The quantitative estimate of drug-likeness (QED) is 0.546. The second-order valence-electron chi connectivity index (χ2n) is 7.84. The Morgan fingerprint density at radius 1 is 1.07 bits per heavy atom. The monoisotopic (exact) mass is 465 g/mol. The Labute approximate surface area is 195 Å². The van der Waals surface area contributed by atoms with Gasteiger partial charge in [-0.3, -0.25) is 9.69 Å². The zero-order valence-electron chi connectivity index (χ0n) is 17.3. The first-order valence-electron chi connectivity index (χ1n) is 10.4. The zero-order chi connectivity index (χ0) is 20.2. The maximum atomic E-state index is 12.6. The van der Waals surface area contributed by atoms with E-state index in [9.17, 15) is 4.79 Å². The van der Waals surface area contributed by atoms with Crippen LogP contribution in [-0.2, 0) is 4.79 Å². The molecule has 0 N–H and O–H groups in total. The van der Waals surface area contributed by atoms with Crippen LogP contribution in [0, 0.1) is 0 Å². The summed E-state index contributed by atoms with van der Waals surface area (Å²) in [5.41, 5.74) is 2.37. The van der Waals surface area contributed by atoms with Crippen molar-refractivity contribution in [3.63, 3.8) is 0 Å². The number of carbonyl (C=O) groups excluding carboxylic acids is 1. The molecule has 0 bridgehead atoms. The molecule has 0 saturated carbocycles.